The Kier molecular flexibility index (Phi) is 4.19. The molecule has 1 aliphatic rings. The first kappa shape index (κ1) is 13.6. The molecular formula is C9H20INO2. The van der Waals surface area contributed by atoms with Crippen LogP contribution in [0.1, 0.15) is 40.5 Å². The molecule has 0 aromatic rings. The summed E-state index contributed by atoms with van der Waals surface area (Å²) in [6.45, 7) is 7.91. The van der Waals surface area contributed by atoms with Crippen LogP contribution in [0.3, 0.4) is 0 Å². The van der Waals surface area contributed by atoms with Gasteiger partial charge in [0.25, 0.3) is 0 Å². The predicted molar refractivity (Wildman–Crippen MR) is 46.1 cm³/mol. The van der Waals surface area contributed by atoms with Gasteiger partial charge >= 0.3 is 0 Å². The summed E-state index contributed by atoms with van der Waals surface area (Å²) in [5.41, 5.74) is -0.470. The molecule has 0 saturated carbocycles. The molecule has 1 rings (SSSR count). The lowest BCUT2D eigenvalue weighted by Crippen LogP contribution is -3.25. The van der Waals surface area contributed by atoms with Gasteiger partial charge in [0.15, 0.2) is 0 Å². The van der Waals surface area contributed by atoms with Crippen LogP contribution in [0.2, 0.25) is 0 Å². The molecule has 0 atom stereocenters. The first-order valence-electron chi connectivity index (χ1n) is 4.51. The number of hydrogen-bond acceptors (Lipinski definition) is 2. The van der Waals surface area contributed by atoms with Crippen molar-refractivity contribution in [1.29, 1.82) is 0 Å². The van der Waals surface area contributed by atoms with E-state index in [0.717, 1.165) is 0 Å². The van der Waals surface area contributed by atoms with Crippen molar-refractivity contribution in [1.82, 2.24) is 0 Å². The van der Waals surface area contributed by atoms with Gasteiger partial charge in [-0.2, -0.15) is 5.06 Å². The van der Waals surface area contributed by atoms with Gasteiger partial charge in [-0.05, 0) is 27.7 Å². The Morgan fingerprint density at radius 3 is 1.69 bits per heavy atom. The minimum atomic E-state index is -0.272. The molecule has 0 aromatic heterocycles. The maximum absolute atomic E-state index is 9.89. The Labute approximate surface area is 97.1 Å². The van der Waals surface area contributed by atoms with Crippen molar-refractivity contribution in [3.8, 4) is 0 Å². The zero-order valence-electron chi connectivity index (χ0n) is 8.76. The van der Waals surface area contributed by atoms with Crippen LogP contribution in [0.25, 0.3) is 0 Å². The van der Waals surface area contributed by atoms with E-state index in [-0.39, 0.29) is 41.2 Å². The van der Waals surface area contributed by atoms with Crippen LogP contribution in [0.5, 0.6) is 0 Å². The lowest BCUT2D eigenvalue weighted by molar-refractivity contribution is -1.16. The third kappa shape index (κ3) is 2.78. The van der Waals surface area contributed by atoms with Gasteiger partial charge in [0, 0.05) is 12.8 Å². The van der Waals surface area contributed by atoms with E-state index in [1.165, 1.54) is 0 Å². The number of quaternary nitrogens is 1. The smallest absolute Gasteiger partial charge is 0.124 e. The minimum Gasteiger partial charge on any atom is -1.00 e. The van der Waals surface area contributed by atoms with E-state index in [4.69, 9.17) is 0 Å². The Morgan fingerprint density at radius 1 is 1.08 bits per heavy atom. The average molecular weight is 301 g/mol. The standard InChI is InChI=1S/C9H19NO2.HI/c1-8(2)5-7(11)6-9(3,4)10(8)12;/h7,11-12H,5-6H2,1-4H3;1H. The fourth-order valence-electron chi connectivity index (χ4n) is 2.36. The SMILES string of the molecule is CC1(C)CC(O)CC(C)(C)[NH+]1O.[I-]. The second-order valence-electron chi connectivity index (χ2n) is 5.18. The van der Waals surface area contributed by atoms with Crippen LogP contribution in [-0.2, 0) is 0 Å². The molecule has 3 nitrogen and oxygen atoms in total. The monoisotopic (exact) mass is 301 g/mol. The number of rotatable bonds is 0. The lowest BCUT2D eigenvalue weighted by Gasteiger charge is -2.45. The van der Waals surface area contributed by atoms with Crippen molar-refractivity contribution in [2.75, 3.05) is 0 Å². The normalized spacial score (nSPS) is 36.5. The Bertz CT molecular complexity index is 164. The molecule has 1 aliphatic heterocycles. The Hall–Kier alpha value is 0.610. The summed E-state index contributed by atoms with van der Waals surface area (Å²) in [6.07, 6.45) is 1.07. The van der Waals surface area contributed by atoms with E-state index >= 15 is 0 Å². The molecule has 0 radical (unpaired) electrons. The van der Waals surface area contributed by atoms with E-state index in [9.17, 15) is 10.3 Å². The summed E-state index contributed by atoms with van der Waals surface area (Å²) in [4.78, 5) is 0. The quantitative estimate of drug-likeness (QED) is 0.417. The summed E-state index contributed by atoms with van der Waals surface area (Å²) in [7, 11) is 0. The number of piperidine rings is 1. The second-order valence-corrected chi connectivity index (χ2v) is 5.18. The topological polar surface area (TPSA) is 44.9 Å². The molecule has 1 saturated heterocycles. The molecule has 3 N–H and O–H groups in total. The number of nitrogens with one attached hydrogen (secondary N) is 1. The molecule has 13 heavy (non-hydrogen) atoms. The highest BCUT2D eigenvalue weighted by Crippen LogP contribution is 2.22. The lowest BCUT2D eigenvalue weighted by atomic mass is 9.80. The Balaban J connectivity index is 0.00000144. The first-order valence-corrected chi connectivity index (χ1v) is 4.51. The number of aliphatic hydroxyl groups excluding tert-OH is 1. The highest BCUT2D eigenvalue weighted by Gasteiger charge is 2.48. The summed E-state index contributed by atoms with van der Waals surface area (Å²) in [5.74, 6) is 0. The van der Waals surface area contributed by atoms with Crippen molar-refractivity contribution < 1.29 is 39.4 Å². The van der Waals surface area contributed by atoms with Crippen LogP contribution in [0, 0.1) is 0 Å². The summed E-state index contributed by atoms with van der Waals surface area (Å²) < 4.78 is 0. The van der Waals surface area contributed by atoms with Crippen molar-refractivity contribution in [3.05, 3.63) is 0 Å². The molecule has 0 spiro atoms. The maximum Gasteiger partial charge on any atom is 0.124 e. The Morgan fingerprint density at radius 2 is 1.38 bits per heavy atom. The summed E-state index contributed by atoms with van der Waals surface area (Å²) in [6, 6.07) is 0. The third-order valence-corrected chi connectivity index (χ3v) is 2.77. The van der Waals surface area contributed by atoms with Crippen LogP contribution in [0.15, 0.2) is 0 Å². The van der Waals surface area contributed by atoms with Crippen molar-refractivity contribution >= 4 is 0 Å². The number of hydrogen-bond donors (Lipinski definition) is 3. The molecule has 0 amide bonds. The zero-order valence-corrected chi connectivity index (χ0v) is 10.9. The van der Waals surface area contributed by atoms with Gasteiger partial charge in [-0.1, -0.05) is 0 Å². The van der Waals surface area contributed by atoms with Crippen LogP contribution in [0.4, 0.5) is 0 Å². The molecule has 1 heterocycles. The molecular weight excluding hydrogens is 281 g/mol. The van der Waals surface area contributed by atoms with Crippen molar-refractivity contribution in [3.63, 3.8) is 0 Å². The third-order valence-electron chi connectivity index (χ3n) is 2.77. The van der Waals surface area contributed by atoms with E-state index < -0.39 is 0 Å². The second kappa shape index (κ2) is 4.00. The number of hydroxylamine groups is 2. The van der Waals surface area contributed by atoms with Gasteiger partial charge in [0.1, 0.15) is 11.1 Å². The van der Waals surface area contributed by atoms with E-state index in [2.05, 4.69) is 0 Å². The zero-order chi connectivity index (χ0) is 9.57. The average Bonchev–Trinajstić information content (AvgIpc) is 1.80. The highest BCUT2D eigenvalue weighted by atomic mass is 127. The van der Waals surface area contributed by atoms with E-state index in [1.807, 2.05) is 27.7 Å². The molecule has 4 heteroatoms. The van der Waals surface area contributed by atoms with Crippen molar-refractivity contribution in [2.45, 2.75) is 57.7 Å². The van der Waals surface area contributed by atoms with Gasteiger partial charge < -0.3 is 29.1 Å². The fraction of sp³-hybridized carbons (Fsp3) is 1.00. The largest absolute Gasteiger partial charge is 1.00 e. The van der Waals surface area contributed by atoms with E-state index in [1.54, 1.807) is 0 Å². The van der Waals surface area contributed by atoms with Gasteiger partial charge in [0.2, 0.25) is 0 Å². The predicted octanol–water partition coefficient (Wildman–Crippen LogP) is -3.02. The van der Waals surface area contributed by atoms with Gasteiger partial charge in [0.05, 0.1) is 6.10 Å². The van der Waals surface area contributed by atoms with Gasteiger partial charge in [-0.15, -0.1) is 0 Å². The molecule has 0 aromatic carbocycles. The molecule has 0 aliphatic carbocycles. The molecule has 80 valence electrons. The first-order chi connectivity index (χ1) is 5.26. The minimum absolute atomic E-state index is 0. The summed E-state index contributed by atoms with van der Waals surface area (Å²) >= 11 is 0. The van der Waals surface area contributed by atoms with Gasteiger partial charge in [-0.25, -0.2) is 5.21 Å². The van der Waals surface area contributed by atoms with Gasteiger partial charge in [-0.3, -0.25) is 0 Å². The van der Waals surface area contributed by atoms with E-state index in [0.29, 0.717) is 17.9 Å². The summed E-state index contributed by atoms with van der Waals surface area (Å²) in [5, 5.41) is 20.0. The van der Waals surface area contributed by atoms with Crippen molar-refractivity contribution in [2.24, 2.45) is 0 Å². The maximum atomic E-state index is 9.89. The highest BCUT2D eigenvalue weighted by molar-refractivity contribution is 4.84. The van der Waals surface area contributed by atoms with Crippen LogP contribution in [-0.4, -0.2) is 27.5 Å². The molecule has 0 unspecified atom stereocenters. The fourth-order valence-corrected chi connectivity index (χ4v) is 2.36. The molecule has 0 bridgehead atoms. The van der Waals surface area contributed by atoms with Crippen LogP contribution >= 0.6 is 0 Å². The van der Waals surface area contributed by atoms with Crippen LogP contribution < -0.4 is 29.0 Å². The number of aliphatic hydroxyl groups is 1. The number of halogens is 1. The molecule has 1 fully saturated rings.